The van der Waals surface area contributed by atoms with E-state index in [-0.39, 0.29) is 6.04 Å². The molecule has 1 atom stereocenters. The molecule has 68 valence electrons. The smallest absolute Gasteiger partial charge is 0.404 e. The van der Waals surface area contributed by atoms with Crippen LogP contribution < -0.4 is 5.32 Å². The maximum Gasteiger partial charge on any atom is 0.404 e. The van der Waals surface area contributed by atoms with Gasteiger partial charge in [0, 0.05) is 12.6 Å². The number of amides is 1. The SMILES string of the molecule is O=C(O)NC1CN2CCC1CC2. The van der Waals surface area contributed by atoms with Gasteiger partial charge < -0.3 is 15.3 Å². The van der Waals surface area contributed by atoms with Gasteiger partial charge in [-0.2, -0.15) is 0 Å². The van der Waals surface area contributed by atoms with E-state index in [0.29, 0.717) is 5.92 Å². The van der Waals surface area contributed by atoms with Gasteiger partial charge in [0.15, 0.2) is 0 Å². The molecule has 0 spiro atoms. The molecule has 0 saturated carbocycles. The molecule has 3 rings (SSSR count). The standard InChI is InChI=1S/C8H14N2O2/c11-8(12)9-7-5-10-3-1-6(7)2-4-10/h6-7,9H,1-5H2,(H,11,12). The number of carbonyl (C=O) groups is 1. The number of nitrogens with zero attached hydrogens (tertiary/aromatic N) is 1. The van der Waals surface area contributed by atoms with Crippen molar-refractivity contribution in [3.8, 4) is 0 Å². The fraction of sp³-hybridized carbons (Fsp3) is 0.875. The van der Waals surface area contributed by atoms with Crippen LogP contribution in [0.5, 0.6) is 0 Å². The summed E-state index contributed by atoms with van der Waals surface area (Å²) in [6, 6.07) is 0.185. The highest BCUT2D eigenvalue weighted by Crippen LogP contribution is 2.27. The number of piperidine rings is 3. The molecule has 0 aliphatic carbocycles. The molecule has 3 heterocycles. The van der Waals surface area contributed by atoms with Gasteiger partial charge in [-0.25, -0.2) is 4.79 Å². The van der Waals surface area contributed by atoms with Crippen LogP contribution >= 0.6 is 0 Å². The van der Waals surface area contributed by atoms with E-state index < -0.39 is 6.09 Å². The van der Waals surface area contributed by atoms with Gasteiger partial charge in [-0.15, -0.1) is 0 Å². The number of carboxylic acid groups (broad SMARTS) is 1. The van der Waals surface area contributed by atoms with Crippen molar-refractivity contribution in [3.63, 3.8) is 0 Å². The fourth-order valence-corrected chi connectivity index (χ4v) is 2.29. The lowest BCUT2D eigenvalue weighted by Gasteiger charge is -2.44. The first-order valence-corrected chi connectivity index (χ1v) is 4.47. The molecule has 0 aromatic rings. The minimum atomic E-state index is -0.881. The molecular weight excluding hydrogens is 156 g/mol. The Balaban J connectivity index is 1.95. The lowest BCUT2D eigenvalue weighted by Crippen LogP contribution is -2.57. The third kappa shape index (κ3) is 1.39. The van der Waals surface area contributed by atoms with Crippen LogP contribution in [-0.2, 0) is 0 Å². The summed E-state index contributed by atoms with van der Waals surface area (Å²) in [6.45, 7) is 3.22. The maximum atomic E-state index is 10.4. The number of fused-ring (bicyclic) bond motifs is 3. The number of rotatable bonds is 1. The Morgan fingerprint density at radius 3 is 2.50 bits per heavy atom. The van der Waals surface area contributed by atoms with E-state index in [1.54, 1.807) is 0 Å². The van der Waals surface area contributed by atoms with E-state index in [0.717, 1.165) is 32.5 Å². The summed E-state index contributed by atoms with van der Waals surface area (Å²) in [7, 11) is 0. The van der Waals surface area contributed by atoms with Crippen molar-refractivity contribution in [2.75, 3.05) is 19.6 Å². The lowest BCUT2D eigenvalue weighted by atomic mass is 9.84. The second-order valence-electron chi connectivity index (χ2n) is 3.69. The van der Waals surface area contributed by atoms with Gasteiger partial charge in [-0.05, 0) is 31.8 Å². The summed E-state index contributed by atoms with van der Waals surface area (Å²) in [6.07, 6.45) is 1.43. The molecule has 0 aromatic heterocycles. The molecule has 1 amide bonds. The Bertz CT molecular complexity index is 187. The Morgan fingerprint density at radius 1 is 1.42 bits per heavy atom. The van der Waals surface area contributed by atoms with Crippen molar-refractivity contribution < 1.29 is 9.90 Å². The van der Waals surface area contributed by atoms with E-state index in [1.807, 2.05) is 0 Å². The largest absolute Gasteiger partial charge is 0.465 e. The second-order valence-corrected chi connectivity index (χ2v) is 3.69. The van der Waals surface area contributed by atoms with Gasteiger partial charge in [-0.1, -0.05) is 0 Å². The highest BCUT2D eigenvalue weighted by atomic mass is 16.4. The second kappa shape index (κ2) is 2.94. The van der Waals surface area contributed by atoms with Gasteiger partial charge in [-0.3, -0.25) is 0 Å². The molecular formula is C8H14N2O2. The molecule has 3 aliphatic rings. The molecule has 1 unspecified atom stereocenters. The molecule has 2 bridgehead atoms. The molecule has 12 heavy (non-hydrogen) atoms. The van der Waals surface area contributed by atoms with Crippen LogP contribution in [0.25, 0.3) is 0 Å². The molecule has 4 nitrogen and oxygen atoms in total. The van der Waals surface area contributed by atoms with Gasteiger partial charge in [0.05, 0.1) is 0 Å². The number of hydrogen-bond acceptors (Lipinski definition) is 2. The Hall–Kier alpha value is -0.770. The molecule has 3 fully saturated rings. The van der Waals surface area contributed by atoms with Crippen molar-refractivity contribution in [1.29, 1.82) is 0 Å². The molecule has 3 saturated heterocycles. The Labute approximate surface area is 71.5 Å². The predicted molar refractivity (Wildman–Crippen MR) is 44.1 cm³/mol. The zero-order chi connectivity index (χ0) is 8.55. The maximum absolute atomic E-state index is 10.4. The van der Waals surface area contributed by atoms with Gasteiger partial charge in [0.25, 0.3) is 0 Å². The third-order valence-electron chi connectivity index (χ3n) is 2.97. The average molecular weight is 170 g/mol. The van der Waals surface area contributed by atoms with Crippen molar-refractivity contribution >= 4 is 6.09 Å². The summed E-state index contributed by atoms with van der Waals surface area (Å²) >= 11 is 0. The van der Waals surface area contributed by atoms with E-state index in [9.17, 15) is 4.79 Å². The van der Waals surface area contributed by atoms with Crippen LogP contribution in [0.15, 0.2) is 0 Å². The van der Waals surface area contributed by atoms with Crippen LogP contribution in [0.2, 0.25) is 0 Å². The highest BCUT2D eigenvalue weighted by Gasteiger charge is 2.34. The lowest BCUT2D eigenvalue weighted by molar-refractivity contribution is 0.0716. The molecule has 3 aliphatic heterocycles. The van der Waals surface area contributed by atoms with Crippen LogP contribution in [-0.4, -0.2) is 41.8 Å². The minimum absolute atomic E-state index is 0.185. The third-order valence-corrected chi connectivity index (χ3v) is 2.97. The van der Waals surface area contributed by atoms with Gasteiger partial charge in [0.1, 0.15) is 0 Å². The van der Waals surface area contributed by atoms with Crippen LogP contribution in [0.1, 0.15) is 12.8 Å². The normalized spacial score (nSPS) is 39.5. The first-order chi connectivity index (χ1) is 5.75. The monoisotopic (exact) mass is 170 g/mol. The first kappa shape index (κ1) is 7.86. The summed E-state index contributed by atoms with van der Waals surface area (Å²) in [5, 5.41) is 11.2. The zero-order valence-electron chi connectivity index (χ0n) is 6.99. The van der Waals surface area contributed by atoms with Gasteiger partial charge in [0.2, 0.25) is 0 Å². The topological polar surface area (TPSA) is 52.6 Å². The average Bonchev–Trinajstić information content (AvgIpc) is 2.05. The fourth-order valence-electron chi connectivity index (χ4n) is 2.29. The molecule has 4 heteroatoms. The zero-order valence-corrected chi connectivity index (χ0v) is 6.99. The van der Waals surface area contributed by atoms with E-state index in [4.69, 9.17) is 5.11 Å². The highest BCUT2D eigenvalue weighted by molar-refractivity contribution is 5.65. The van der Waals surface area contributed by atoms with Crippen molar-refractivity contribution in [2.45, 2.75) is 18.9 Å². The minimum Gasteiger partial charge on any atom is -0.465 e. The summed E-state index contributed by atoms with van der Waals surface area (Å²) in [5.41, 5.74) is 0. The van der Waals surface area contributed by atoms with Crippen molar-refractivity contribution in [1.82, 2.24) is 10.2 Å². The van der Waals surface area contributed by atoms with Crippen LogP contribution in [0.3, 0.4) is 0 Å². The molecule has 0 radical (unpaired) electrons. The predicted octanol–water partition coefficient (Wildman–Crippen LogP) is 0.348. The van der Waals surface area contributed by atoms with E-state index in [1.165, 1.54) is 0 Å². The number of hydrogen-bond donors (Lipinski definition) is 2. The van der Waals surface area contributed by atoms with E-state index in [2.05, 4.69) is 10.2 Å². The quantitative estimate of drug-likeness (QED) is 0.597. The molecule has 0 aromatic carbocycles. The Morgan fingerprint density at radius 2 is 2.08 bits per heavy atom. The Kier molecular flexibility index (Phi) is 1.92. The van der Waals surface area contributed by atoms with Crippen LogP contribution in [0.4, 0.5) is 4.79 Å². The van der Waals surface area contributed by atoms with Gasteiger partial charge >= 0.3 is 6.09 Å². The van der Waals surface area contributed by atoms with Crippen molar-refractivity contribution in [2.24, 2.45) is 5.92 Å². The molecule has 2 N–H and O–H groups in total. The summed E-state index contributed by atoms with van der Waals surface area (Å²) in [4.78, 5) is 12.7. The van der Waals surface area contributed by atoms with Crippen LogP contribution in [0, 0.1) is 5.92 Å². The summed E-state index contributed by atoms with van der Waals surface area (Å²) < 4.78 is 0. The number of nitrogens with one attached hydrogen (secondary N) is 1. The summed E-state index contributed by atoms with van der Waals surface area (Å²) in [5.74, 6) is 0.589. The first-order valence-electron chi connectivity index (χ1n) is 4.47. The van der Waals surface area contributed by atoms with E-state index >= 15 is 0 Å². The van der Waals surface area contributed by atoms with Crippen molar-refractivity contribution in [3.05, 3.63) is 0 Å².